The molecule has 0 aliphatic carbocycles. The smallest absolute Gasteiger partial charge is 0.244 e. The van der Waals surface area contributed by atoms with Gasteiger partial charge in [-0.2, -0.15) is 0 Å². The van der Waals surface area contributed by atoms with Crippen LogP contribution in [-0.4, -0.2) is 54.8 Å². The largest absolute Gasteiger partial charge is 0.491 e. The van der Waals surface area contributed by atoms with Crippen molar-refractivity contribution >= 4 is 11.6 Å². The molecular formula is C20H24N2O3. The number of hydrogen-bond acceptors (Lipinski definition) is 4. The van der Waals surface area contributed by atoms with Crippen LogP contribution in [0.4, 0.5) is 5.69 Å². The summed E-state index contributed by atoms with van der Waals surface area (Å²) in [6.45, 7) is 1.30. The highest BCUT2D eigenvalue weighted by Crippen LogP contribution is 2.23. The van der Waals surface area contributed by atoms with Gasteiger partial charge in [-0.05, 0) is 37.7 Å². The molecule has 5 heteroatoms. The van der Waals surface area contributed by atoms with Gasteiger partial charge in [0.05, 0.1) is 6.04 Å². The van der Waals surface area contributed by atoms with Crippen molar-refractivity contribution in [3.05, 3.63) is 60.7 Å². The van der Waals surface area contributed by atoms with Crippen LogP contribution in [0.5, 0.6) is 5.75 Å². The van der Waals surface area contributed by atoms with E-state index >= 15 is 0 Å². The molecule has 3 rings (SSSR count). The van der Waals surface area contributed by atoms with Crippen LogP contribution in [0.1, 0.15) is 6.42 Å². The molecule has 1 fully saturated rings. The van der Waals surface area contributed by atoms with Gasteiger partial charge in [-0.3, -0.25) is 9.69 Å². The summed E-state index contributed by atoms with van der Waals surface area (Å²) in [6, 6.07) is 18.9. The number of carbonyl (C=O) groups excluding carboxylic acids is 1. The molecule has 0 saturated carbocycles. The van der Waals surface area contributed by atoms with Crippen molar-refractivity contribution in [1.82, 2.24) is 4.90 Å². The van der Waals surface area contributed by atoms with Crippen molar-refractivity contribution in [3.63, 3.8) is 0 Å². The van der Waals surface area contributed by atoms with E-state index in [0.717, 1.165) is 17.9 Å². The third-order valence-corrected chi connectivity index (χ3v) is 4.46. The van der Waals surface area contributed by atoms with Crippen LogP contribution in [0, 0.1) is 0 Å². The lowest BCUT2D eigenvalue weighted by atomic mass is 10.2. The number of benzene rings is 2. The minimum absolute atomic E-state index is 0.0878. The van der Waals surface area contributed by atoms with E-state index < -0.39 is 6.10 Å². The van der Waals surface area contributed by atoms with Crippen molar-refractivity contribution in [2.24, 2.45) is 0 Å². The number of hydrogen-bond donors (Lipinski definition) is 1. The van der Waals surface area contributed by atoms with E-state index in [9.17, 15) is 9.90 Å². The van der Waals surface area contributed by atoms with Crippen molar-refractivity contribution in [2.45, 2.75) is 18.6 Å². The summed E-state index contributed by atoms with van der Waals surface area (Å²) in [7, 11) is 1.88. The highest BCUT2D eigenvalue weighted by atomic mass is 16.5. The van der Waals surface area contributed by atoms with Crippen LogP contribution in [0.3, 0.4) is 0 Å². The molecule has 0 radical (unpaired) electrons. The Morgan fingerprint density at radius 2 is 1.80 bits per heavy atom. The molecule has 0 spiro atoms. The monoisotopic (exact) mass is 340 g/mol. The lowest BCUT2D eigenvalue weighted by Gasteiger charge is -2.26. The molecule has 2 aromatic rings. The van der Waals surface area contributed by atoms with Crippen molar-refractivity contribution in [1.29, 1.82) is 0 Å². The number of carbonyl (C=O) groups is 1. The zero-order chi connectivity index (χ0) is 17.6. The van der Waals surface area contributed by atoms with Gasteiger partial charge in [0.1, 0.15) is 18.5 Å². The number of aliphatic hydroxyl groups is 1. The molecule has 25 heavy (non-hydrogen) atoms. The third kappa shape index (κ3) is 4.38. The van der Waals surface area contributed by atoms with E-state index in [0.29, 0.717) is 13.1 Å². The van der Waals surface area contributed by atoms with Gasteiger partial charge in [0.2, 0.25) is 5.91 Å². The summed E-state index contributed by atoms with van der Waals surface area (Å²) in [5.41, 5.74) is 0.927. The van der Waals surface area contributed by atoms with Crippen molar-refractivity contribution in [3.8, 4) is 5.75 Å². The fourth-order valence-corrected chi connectivity index (χ4v) is 3.16. The van der Waals surface area contributed by atoms with Crippen LogP contribution in [0.15, 0.2) is 60.7 Å². The number of likely N-dealkylation sites (N-methyl/N-ethyl adjacent to an activating group) is 1. The number of anilines is 1. The van der Waals surface area contributed by atoms with E-state index in [2.05, 4.69) is 0 Å². The molecule has 5 nitrogen and oxygen atoms in total. The minimum Gasteiger partial charge on any atom is -0.491 e. The van der Waals surface area contributed by atoms with E-state index in [4.69, 9.17) is 4.74 Å². The molecule has 1 N–H and O–H groups in total. The molecule has 1 amide bonds. The lowest BCUT2D eigenvalue weighted by Crippen LogP contribution is -2.44. The van der Waals surface area contributed by atoms with Crippen molar-refractivity contribution < 1.29 is 14.6 Å². The third-order valence-electron chi connectivity index (χ3n) is 4.46. The lowest BCUT2D eigenvalue weighted by molar-refractivity contribution is -0.121. The summed E-state index contributed by atoms with van der Waals surface area (Å²) < 4.78 is 5.58. The zero-order valence-corrected chi connectivity index (χ0v) is 14.4. The van der Waals surface area contributed by atoms with Gasteiger partial charge in [0, 0.05) is 18.8 Å². The topological polar surface area (TPSA) is 53.0 Å². The maximum Gasteiger partial charge on any atom is 0.244 e. The quantitative estimate of drug-likeness (QED) is 0.839. The normalized spacial score (nSPS) is 18.6. The standard InChI is InChI=1S/C20H24N2O3/c1-21(14-17(23)15-25-18-10-6-3-7-11-18)19-12-13-22(20(19)24)16-8-4-2-5-9-16/h2-11,17,19,23H,12-15H2,1H3. The second kappa shape index (κ2) is 8.14. The van der Waals surface area contributed by atoms with Gasteiger partial charge >= 0.3 is 0 Å². The van der Waals surface area contributed by atoms with Crippen molar-refractivity contribution in [2.75, 3.05) is 31.6 Å². The summed E-state index contributed by atoms with van der Waals surface area (Å²) in [5, 5.41) is 10.2. The van der Waals surface area contributed by atoms with Crippen LogP contribution in [0.2, 0.25) is 0 Å². The summed E-state index contributed by atoms with van der Waals surface area (Å²) in [5.74, 6) is 0.821. The Bertz CT molecular complexity index is 678. The molecule has 1 saturated heterocycles. The molecule has 0 bridgehead atoms. The first-order chi connectivity index (χ1) is 12.1. The van der Waals surface area contributed by atoms with Crippen LogP contribution < -0.4 is 9.64 Å². The Morgan fingerprint density at radius 1 is 1.16 bits per heavy atom. The van der Waals surface area contributed by atoms with E-state index in [1.807, 2.05) is 77.5 Å². The number of para-hydroxylation sites is 2. The predicted molar refractivity (Wildman–Crippen MR) is 97.8 cm³/mol. The highest BCUT2D eigenvalue weighted by molar-refractivity contribution is 5.99. The number of rotatable bonds is 7. The maximum atomic E-state index is 12.7. The Labute approximate surface area is 148 Å². The van der Waals surface area contributed by atoms with Gasteiger partial charge in [0.15, 0.2) is 0 Å². The Kier molecular flexibility index (Phi) is 5.68. The van der Waals surface area contributed by atoms with Gasteiger partial charge in [-0.1, -0.05) is 36.4 Å². The fraction of sp³-hybridized carbons (Fsp3) is 0.350. The van der Waals surface area contributed by atoms with Crippen LogP contribution >= 0.6 is 0 Å². The Hall–Kier alpha value is -2.37. The molecular weight excluding hydrogens is 316 g/mol. The van der Waals surface area contributed by atoms with Crippen LogP contribution in [0.25, 0.3) is 0 Å². The SMILES string of the molecule is CN(CC(O)COc1ccccc1)C1CCN(c2ccccc2)C1=O. The number of amides is 1. The van der Waals surface area contributed by atoms with Gasteiger partial charge < -0.3 is 14.7 Å². The van der Waals surface area contributed by atoms with E-state index in [1.165, 1.54) is 0 Å². The molecule has 2 aromatic carbocycles. The summed E-state index contributed by atoms with van der Waals surface area (Å²) >= 11 is 0. The molecule has 1 aliphatic heterocycles. The van der Waals surface area contributed by atoms with Gasteiger partial charge in [-0.25, -0.2) is 0 Å². The summed E-state index contributed by atoms with van der Waals surface area (Å²) in [4.78, 5) is 16.4. The maximum absolute atomic E-state index is 12.7. The number of nitrogens with zero attached hydrogens (tertiary/aromatic N) is 2. The van der Waals surface area contributed by atoms with E-state index in [-0.39, 0.29) is 18.6 Å². The van der Waals surface area contributed by atoms with Gasteiger partial charge in [-0.15, -0.1) is 0 Å². The average molecular weight is 340 g/mol. The molecule has 2 unspecified atom stereocenters. The minimum atomic E-state index is -0.649. The number of ether oxygens (including phenoxy) is 1. The zero-order valence-electron chi connectivity index (χ0n) is 14.4. The fourth-order valence-electron chi connectivity index (χ4n) is 3.16. The second-order valence-corrected chi connectivity index (χ2v) is 6.35. The Morgan fingerprint density at radius 3 is 2.48 bits per heavy atom. The molecule has 132 valence electrons. The molecule has 1 heterocycles. The van der Waals surface area contributed by atoms with Gasteiger partial charge in [0.25, 0.3) is 0 Å². The highest BCUT2D eigenvalue weighted by Gasteiger charge is 2.35. The summed E-state index contributed by atoms with van der Waals surface area (Å²) in [6.07, 6.45) is 0.111. The molecule has 0 aromatic heterocycles. The number of aliphatic hydroxyl groups excluding tert-OH is 1. The first-order valence-corrected chi connectivity index (χ1v) is 8.57. The second-order valence-electron chi connectivity index (χ2n) is 6.35. The Balaban J connectivity index is 1.51. The van der Waals surface area contributed by atoms with Crippen LogP contribution in [-0.2, 0) is 4.79 Å². The average Bonchev–Trinajstić information content (AvgIpc) is 3.03. The first-order valence-electron chi connectivity index (χ1n) is 8.57. The predicted octanol–water partition coefficient (Wildman–Crippen LogP) is 2.16. The molecule has 1 aliphatic rings. The molecule has 2 atom stereocenters. The first kappa shape index (κ1) is 17.5. The van der Waals surface area contributed by atoms with E-state index in [1.54, 1.807) is 0 Å².